The van der Waals surface area contributed by atoms with Gasteiger partial charge in [0.05, 0.1) is 12.0 Å². The van der Waals surface area contributed by atoms with Gasteiger partial charge in [-0.05, 0) is 24.1 Å². The van der Waals surface area contributed by atoms with Crippen molar-refractivity contribution in [1.82, 2.24) is 5.32 Å². The molecule has 1 atom stereocenters. The highest BCUT2D eigenvalue weighted by molar-refractivity contribution is 9.09. The number of alkyl halides is 1. The minimum absolute atomic E-state index is 0.0299. The van der Waals surface area contributed by atoms with Crippen molar-refractivity contribution < 1.29 is 9.18 Å². The van der Waals surface area contributed by atoms with E-state index >= 15 is 0 Å². The maximum Gasteiger partial charge on any atom is 0.225 e. The summed E-state index contributed by atoms with van der Waals surface area (Å²) in [5, 5.41) is 3.56. The van der Waals surface area contributed by atoms with Crippen LogP contribution in [0.2, 0.25) is 0 Å². The summed E-state index contributed by atoms with van der Waals surface area (Å²) in [5.74, 6) is -0.557. The Labute approximate surface area is 132 Å². The molecule has 4 heteroatoms. The number of hydrogen-bond acceptors (Lipinski definition) is 1. The van der Waals surface area contributed by atoms with Crippen LogP contribution in [0.4, 0.5) is 4.39 Å². The number of amides is 1. The van der Waals surface area contributed by atoms with Crippen LogP contribution in [0.15, 0.2) is 54.6 Å². The molecule has 21 heavy (non-hydrogen) atoms. The number of benzene rings is 2. The molecule has 1 amide bonds. The summed E-state index contributed by atoms with van der Waals surface area (Å²) in [7, 11) is 0. The Hall–Kier alpha value is -1.68. The zero-order valence-electron chi connectivity index (χ0n) is 11.8. The quantitative estimate of drug-likeness (QED) is 0.817. The van der Waals surface area contributed by atoms with Gasteiger partial charge in [0.2, 0.25) is 5.91 Å². The molecule has 110 valence electrons. The van der Waals surface area contributed by atoms with Crippen LogP contribution in [0, 0.1) is 5.82 Å². The largest absolute Gasteiger partial charge is 0.346 e. The first-order valence-electron chi connectivity index (χ1n) is 6.71. The summed E-state index contributed by atoms with van der Waals surface area (Å²) in [5.41, 5.74) is 0.882. The molecule has 0 fully saturated rings. The normalized spacial score (nSPS) is 13.5. The molecule has 0 saturated carbocycles. The van der Waals surface area contributed by atoms with Crippen molar-refractivity contribution in [2.24, 2.45) is 0 Å². The van der Waals surface area contributed by atoms with Crippen LogP contribution >= 0.6 is 15.9 Å². The van der Waals surface area contributed by atoms with Crippen molar-refractivity contribution >= 4 is 21.8 Å². The zero-order valence-corrected chi connectivity index (χ0v) is 13.4. The minimum atomic E-state index is -0.524. The zero-order chi connectivity index (χ0) is 15.3. The molecule has 0 bridgehead atoms. The molecule has 0 radical (unpaired) electrons. The Balaban J connectivity index is 2.12. The second-order valence-corrected chi connectivity index (χ2v) is 5.71. The Morgan fingerprint density at radius 3 is 2.38 bits per heavy atom. The van der Waals surface area contributed by atoms with Gasteiger partial charge in [0, 0.05) is 5.33 Å². The maximum atomic E-state index is 13.6. The first-order valence-corrected chi connectivity index (χ1v) is 7.83. The molecule has 0 heterocycles. The van der Waals surface area contributed by atoms with Crippen molar-refractivity contribution in [1.29, 1.82) is 0 Å². The molecule has 0 saturated heterocycles. The number of hydrogen-bond donors (Lipinski definition) is 1. The Bertz CT molecular complexity index is 617. The lowest BCUT2D eigenvalue weighted by atomic mass is 9.94. The van der Waals surface area contributed by atoms with Crippen molar-refractivity contribution in [3.8, 4) is 0 Å². The van der Waals surface area contributed by atoms with Gasteiger partial charge in [0.15, 0.2) is 0 Å². The summed E-state index contributed by atoms with van der Waals surface area (Å²) < 4.78 is 13.6. The summed E-state index contributed by atoms with van der Waals surface area (Å²) in [6.45, 7) is 1.94. The fourth-order valence-corrected chi connectivity index (χ4v) is 2.62. The van der Waals surface area contributed by atoms with Crippen molar-refractivity contribution in [3.63, 3.8) is 0 Å². The molecular weight excluding hydrogens is 333 g/mol. The van der Waals surface area contributed by atoms with Gasteiger partial charge in [0.1, 0.15) is 5.82 Å². The molecule has 2 aromatic rings. The topological polar surface area (TPSA) is 29.1 Å². The predicted octanol–water partition coefficient (Wildman–Crippen LogP) is 3.79. The van der Waals surface area contributed by atoms with E-state index in [0.717, 1.165) is 5.56 Å². The molecule has 2 rings (SSSR count). The Kier molecular flexibility index (Phi) is 5.12. The van der Waals surface area contributed by atoms with Crippen LogP contribution in [-0.2, 0) is 16.8 Å². The van der Waals surface area contributed by atoms with Gasteiger partial charge in [-0.2, -0.15) is 0 Å². The molecule has 0 aliphatic carbocycles. The van der Waals surface area contributed by atoms with E-state index in [1.807, 2.05) is 37.3 Å². The van der Waals surface area contributed by atoms with Gasteiger partial charge in [-0.15, -0.1) is 0 Å². The molecular formula is C17H17BrFNO. The predicted molar refractivity (Wildman–Crippen MR) is 85.8 cm³/mol. The molecule has 2 nitrogen and oxygen atoms in total. The van der Waals surface area contributed by atoms with E-state index in [1.54, 1.807) is 18.2 Å². The highest BCUT2D eigenvalue weighted by atomic mass is 79.9. The van der Waals surface area contributed by atoms with Gasteiger partial charge >= 0.3 is 0 Å². The molecule has 1 N–H and O–H groups in total. The van der Waals surface area contributed by atoms with Crippen molar-refractivity contribution in [2.45, 2.75) is 18.9 Å². The van der Waals surface area contributed by atoms with E-state index in [9.17, 15) is 9.18 Å². The summed E-state index contributed by atoms with van der Waals surface area (Å²) in [6.07, 6.45) is 0.0299. The van der Waals surface area contributed by atoms with E-state index < -0.39 is 5.54 Å². The molecule has 0 aliphatic heterocycles. The third-order valence-corrected chi connectivity index (χ3v) is 4.52. The smallest absolute Gasteiger partial charge is 0.225 e. The second kappa shape index (κ2) is 6.85. The van der Waals surface area contributed by atoms with Gasteiger partial charge in [-0.3, -0.25) is 4.79 Å². The molecule has 0 aromatic heterocycles. The van der Waals surface area contributed by atoms with Gasteiger partial charge < -0.3 is 5.32 Å². The van der Waals surface area contributed by atoms with E-state index in [4.69, 9.17) is 0 Å². The van der Waals surface area contributed by atoms with Crippen LogP contribution < -0.4 is 5.32 Å². The van der Waals surface area contributed by atoms with Gasteiger partial charge in [-0.1, -0.05) is 64.5 Å². The van der Waals surface area contributed by atoms with Gasteiger partial charge in [-0.25, -0.2) is 4.39 Å². The van der Waals surface area contributed by atoms with Gasteiger partial charge in [0.25, 0.3) is 0 Å². The van der Waals surface area contributed by atoms with E-state index in [0.29, 0.717) is 10.9 Å². The first kappa shape index (κ1) is 15.7. The molecule has 2 aromatic carbocycles. The maximum absolute atomic E-state index is 13.6. The lowest BCUT2D eigenvalue weighted by Gasteiger charge is -2.29. The first-order chi connectivity index (χ1) is 10.0. The molecule has 0 aliphatic rings. The number of halogens is 2. The third kappa shape index (κ3) is 3.91. The standard InChI is InChI=1S/C17H17BrFNO/c1-17(12-18,14-8-3-2-4-9-14)20-16(21)11-13-7-5-6-10-15(13)19/h2-10H,11-12H2,1H3,(H,20,21). The highest BCUT2D eigenvalue weighted by Gasteiger charge is 2.27. The lowest BCUT2D eigenvalue weighted by Crippen LogP contribution is -2.45. The number of rotatable bonds is 5. The SMILES string of the molecule is CC(CBr)(NC(=O)Cc1ccccc1F)c1ccccc1. The van der Waals surface area contributed by atoms with Crippen molar-refractivity contribution in [3.05, 3.63) is 71.5 Å². The molecule has 1 unspecified atom stereocenters. The second-order valence-electron chi connectivity index (χ2n) is 5.15. The summed E-state index contributed by atoms with van der Waals surface area (Å²) in [6, 6.07) is 16.1. The lowest BCUT2D eigenvalue weighted by molar-refractivity contribution is -0.122. The fraction of sp³-hybridized carbons (Fsp3) is 0.235. The number of carbonyl (C=O) groups is 1. The van der Waals surface area contributed by atoms with Crippen LogP contribution in [-0.4, -0.2) is 11.2 Å². The summed E-state index contributed by atoms with van der Waals surface area (Å²) >= 11 is 3.45. The number of carbonyl (C=O) groups excluding carboxylic acids is 1. The van der Waals surface area contributed by atoms with Crippen LogP contribution in [0.1, 0.15) is 18.1 Å². The average molecular weight is 350 g/mol. The summed E-state index contributed by atoms with van der Waals surface area (Å²) in [4.78, 5) is 12.2. The van der Waals surface area contributed by atoms with Crippen molar-refractivity contribution in [2.75, 3.05) is 5.33 Å². The van der Waals surface area contributed by atoms with E-state index in [1.165, 1.54) is 6.07 Å². The van der Waals surface area contributed by atoms with E-state index in [-0.39, 0.29) is 18.1 Å². The minimum Gasteiger partial charge on any atom is -0.346 e. The van der Waals surface area contributed by atoms with E-state index in [2.05, 4.69) is 21.2 Å². The Morgan fingerprint density at radius 1 is 1.14 bits per heavy atom. The fourth-order valence-electron chi connectivity index (χ4n) is 2.16. The number of nitrogens with one attached hydrogen (secondary N) is 1. The van der Waals surface area contributed by atoms with Crippen LogP contribution in [0.25, 0.3) is 0 Å². The van der Waals surface area contributed by atoms with Crippen LogP contribution in [0.5, 0.6) is 0 Å². The monoisotopic (exact) mass is 349 g/mol. The average Bonchev–Trinajstić information content (AvgIpc) is 2.50. The highest BCUT2D eigenvalue weighted by Crippen LogP contribution is 2.23. The Morgan fingerprint density at radius 2 is 1.76 bits per heavy atom. The third-order valence-electron chi connectivity index (χ3n) is 3.40. The van der Waals surface area contributed by atoms with Crippen LogP contribution in [0.3, 0.4) is 0 Å². The molecule has 0 spiro atoms.